The molecular formula is C18H21NO2. The first-order chi connectivity index (χ1) is 10.1. The molecule has 1 amide bonds. The van der Waals surface area contributed by atoms with Crippen LogP contribution in [0.25, 0.3) is 0 Å². The number of ether oxygens (including phenoxy) is 1. The lowest BCUT2D eigenvalue weighted by Crippen LogP contribution is -2.28. The van der Waals surface area contributed by atoms with Gasteiger partial charge in [-0.1, -0.05) is 36.4 Å². The molecule has 0 aromatic heterocycles. The van der Waals surface area contributed by atoms with Gasteiger partial charge in [0.1, 0.15) is 5.75 Å². The van der Waals surface area contributed by atoms with E-state index in [9.17, 15) is 4.79 Å². The summed E-state index contributed by atoms with van der Waals surface area (Å²) in [5.41, 5.74) is 3.36. The maximum Gasteiger partial charge on any atom is 0.227 e. The molecule has 3 heteroatoms. The lowest BCUT2D eigenvalue weighted by atomic mass is 10.1. The number of benzene rings is 2. The maximum absolute atomic E-state index is 12.3. The zero-order chi connectivity index (χ0) is 15.2. The van der Waals surface area contributed by atoms with Gasteiger partial charge in [-0.15, -0.1) is 0 Å². The Morgan fingerprint density at radius 3 is 2.62 bits per heavy atom. The fraction of sp³-hybridized carbons (Fsp3) is 0.278. The van der Waals surface area contributed by atoms with Crippen molar-refractivity contribution in [1.82, 2.24) is 4.90 Å². The lowest BCUT2D eigenvalue weighted by Gasteiger charge is -2.18. The normalized spacial score (nSPS) is 10.2. The van der Waals surface area contributed by atoms with Gasteiger partial charge in [0.05, 0.1) is 13.5 Å². The van der Waals surface area contributed by atoms with Crippen molar-refractivity contribution in [2.24, 2.45) is 0 Å². The molecule has 0 aliphatic rings. The fourth-order valence-corrected chi connectivity index (χ4v) is 2.22. The topological polar surface area (TPSA) is 29.5 Å². The first-order valence-corrected chi connectivity index (χ1v) is 7.01. The van der Waals surface area contributed by atoms with E-state index in [2.05, 4.69) is 19.1 Å². The van der Waals surface area contributed by atoms with Crippen molar-refractivity contribution in [1.29, 1.82) is 0 Å². The van der Waals surface area contributed by atoms with Crippen LogP contribution in [0, 0.1) is 6.92 Å². The quantitative estimate of drug-likeness (QED) is 0.843. The van der Waals surface area contributed by atoms with Gasteiger partial charge < -0.3 is 9.64 Å². The van der Waals surface area contributed by atoms with E-state index in [0.29, 0.717) is 13.0 Å². The molecule has 0 saturated heterocycles. The average Bonchev–Trinajstić information content (AvgIpc) is 2.49. The number of carbonyl (C=O) groups is 1. The van der Waals surface area contributed by atoms with E-state index in [1.165, 1.54) is 11.1 Å². The van der Waals surface area contributed by atoms with E-state index in [4.69, 9.17) is 4.74 Å². The summed E-state index contributed by atoms with van der Waals surface area (Å²) in [6.07, 6.45) is 0.388. The molecule has 0 spiro atoms. The van der Waals surface area contributed by atoms with Crippen molar-refractivity contribution >= 4 is 5.91 Å². The summed E-state index contributed by atoms with van der Waals surface area (Å²) < 4.78 is 5.18. The fourth-order valence-electron chi connectivity index (χ4n) is 2.22. The number of rotatable bonds is 5. The van der Waals surface area contributed by atoms with Crippen LogP contribution in [-0.2, 0) is 17.8 Å². The van der Waals surface area contributed by atoms with Crippen LogP contribution < -0.4 is 4.74 Å². The van der Waals surface area contributed by atoms with Crippen LogP contribution in [-0.4, -0.2) is 25.0 Å². The summed E-state index contributed by atoms with van der Waals surface area (Å²) >= 11 is 0. The van der Waals surface area contributed by atoms with Crippen LogP contribution in [0.15, 0.2) is 48.5 Å². The summed E-state index contributed by atoms with van der Waals surface area (Å²) in [6, 6.07) is 15.8. The minimum Gasteiger partial charge on any atom is -0.497 e. The Bertz CT molecular complexity index is 622. The minimum absolute atomic E-state index is 0.103. The molecule has 2 aromatic carbocycles. The molecular weight excluding hydrogens is 262 g/mol. The van der Waals surface area contributed by atoms with Gasteiger partial charge in [-0.25, -0.2) is 0 Å². The Balaban J connectivity index is 2.01. The average molecular weight is 283 g/mol. The summed E-state index contributed by atoms with van der Waals surface area (Å²) in [5.74, 6) is 0.883. The summed E-state index contributed by atoms with van der Waals surface area (Å²) in [4.78, 5) is 14.1. The molecule has 0 radical (unpaired) electrons. The highest BCUT2D eigenvalue weighted by atomic mass is 16.5. The Hall–Kier alpha value is -2.29. The number of hydrogen-bond acceptors (Lipinski definition) is 2. The minimum atomic E-state index is 0.103. The molecule has 0 fully saturated rings. The van der Waals surface area contributed by atoms with Crippen LogP contribution in [0.4, 0.5) is 0 Å². The van der Waals surface area contributed by atoms with E-state index in [1.54, 1.807) is 12.0 Å². The molecule has 0 unspecified atom stereocenters. The Kier molecular flexibility index (Phi) is 4.99. The molecule has 3 nitrogen and oxygen atoms in total. The third kappa shape index (κ3) is 4.09. The molecule has 0 aliphatic carbocycles. The maximum atomic E-state index is 12.3. The van der Waals surface area contributed by atoms with Crippen LogP contribution >= 0.6 is 0 Å². The SMILES string of the molecule is COc1cccc(CC(=O)N(C)Cc2ccccc2C)c1. The predicted molar refractivity (Wildman–Crippen MR) is 84.4 cm³/mol. The molecule has 0 heterocycles. The summed E-state index contributed by atoms with van der Waals surface area (Å²) in [5, 5.41) is 0. The second-order valence-electron chi connectivity index (χ2n) is 5.20. The smallest absolute Gasteiger partial charge is 0.227 e. The first-order valence-electron chi connectivity index (χ1n) is 7.01. The number of hydrogen-bond donors (Lipinski definition) is 0. The molecule has 0 atom stereocenters. The highest BCUT2D eigenvalue weighted by Gasteiger charge is 2.11. The van der Waals surface area contributed by atoms with Gasteiger partial charge >= 0.3 is 0 Å². The Labute approximate surface area is 126 Å². The Morgan fingerprint density at radius 2 is 1.90 bits per heavy atom. The largest absolute Gasteiger partial charge is 0.497 e. The molecule has 0 aliphatic heterocycles. The molecule has 21 heavy (non-hydrogen) atoms. The number of likely N-dealkylation sites (N-methyl/N-ethyl adjacent to an activating group) is 1. The molecule has 0 bridgehead atoms. The van der Waals surface area contributed by atoms with Gasteiger partial charge in [0, 0.05) is 13.6 Å². The molecule has 2 aromatic rings. The second kappa shape index (κ2) is 6.93. The standard InChI is InChI=1S/C18H21NO2/c1-14-7-4-5-9-16(14)13-19(2)18(20)12-15-8-6-10-17(11-15)21-3/h4-11H,12-13H2,1-3H3. The zero-order valence-corrected chi connectivity index (χ0v) is 12.8. The van der Waals surface area contributed by atoms with Gasteiger partial charge in [0.25, 0.3) is 0 Å². The summed E-state index contributed by atoms with van der Waals surface area (Å²) in [6.45, 7) is 2.70. The highest BCUT2D eigenvalue weighted by Crippen LogP contribution is 2.15. The van der Waals surface area contributed by atoms with Crippen molar-refractivity contribution in [3.63, 3.8) is 0 Å². The van der Waals surface area contributed by atoms with E-state index >= 15 is 0 Å². The number of nitrogens with zero attached hydrogens (tertiary/aromatic N) is 1. The monoisotopic (exact) mass is 283 g/mol. The highest BCUT2D eigenvalue weighted by molar-refractivity contribution is 5.78. The molecule has 2 rings (SSSR count). The van der Waals surface area contributed by atoms with E-state index < -0.39 is 0 Å². The number of methoxy groups -OCH3 is 1. The van der Waals surface area contributed by atoms with Crippen molar-refractivity contribution in [3.8, 4) is 5.75 Å². The summed E-state index contributed by atoms with van der Waals surface area (Å²) in [7, 11) is 3.47. The van der Waals surface area contributed by atoms with Crippen LogP contribution in [0.5, 0.6) is 5.75 Å². The van der Waals surface area contributed by atoms with Gasteiger partial charge in [0.2, 0.25) is 5.91 Å². The third-order valence-corrected chi connectivity index (χ3v) is 3.58. The molecule has 0 N–H and O–H groups in total. The van der Waals surface area contributed by atoms with E-state index in [1.807, 2.05) is 43.4 Å². The van der Waals surface area contributed by atoms with Crippen LogP contribution in [0.2, 0.25) is 0 Å². The van der Waals surface area contributed by atoms with Crippen molar-refractivity contribution in [2.45, 2.75) is 19.9 Å². The van der Waals surface area contributed by atoms with Crippen LogP contribution in [0.3, 0.4) is 0 Å². The second-order valence-corrected chi connectivity index (χ2v) is 5.20. The molecule has 0 saturated carbocycles. The van der Waals surface area contributed by atoms with Crippen LogP contribution in [0.1, 0.15) is 16.7 Å². The van der Waals surface area contributed by atoms with Gasteiger partial charge in [-0.3, -0.25) is 4.79 Å². The van der Waals surface area contributed by atoms with Crippen molar-refractivity contribution in [3.05, 3.63) is 65.2 Å². The number of amides is 1. The molecule has 110 valence electrons. The Morgan fingerprint density at radius 1 is 1.14 bits per heavy atom. The third-order valence-electron chi connectivity index (χ3n) is 3.58. The zero-order valence-electron chi connectivity index (χ0n) is 12.8. The first kappa shape index (κ1) is 15.1. The van der Waals surface area contributed by atoms with Gasteiger partial charge in [-0.2, -0.15) is 0 Å². The predicted octanol–water partition coefficient (Wildman–Crippen LogP) is 3.20. The van der Waals surface area contributed by atoms with Crippen molar-refractivity contribution in [2.75, 3.05) is 14.2 Å². The lowest BCUT2D eigenvalue weighted by molar-refractivity contribution is -0.129. The van der Waals surface area contributed by atoms with E-state index in [-0.39, 0.29) is 5.91 Å². The van der Waals surface area contributed by atoms with E-state index in [0.717, 1.165) is 11.3 Å². The van der Waals surface area contributed by atoms with Crippen molar-refractivity contribution < 1.29 is 9.53 Å². The van der Waals surface area contributed by atoms with Gasteiger partial charge in [0.15, 0.2) is 0 Å². The number of carbonyl (C=O) groups excluding carboxylic acids is 1. The number of aryl methyl sites for hydroxylation is 1. The van der Waals surface area contributed by atoms with Gasteiger partial charge in [-0.05, 0) is 35.7 Å².